The molecule has 0 bridgehead atoms. The summed E-state index contributed by atoms with van der Waals surface area (Å²) in [5.41, 5.74) is 0.474. The van der Waals surface area contributed by atoms with Gasteiger partial charge in [0, 0.05) is 18.6 Å². The number of hydrogen-bond donors (Lipinski definition) is 1. The van der Waals surface area contributed by atoms with E-state index in [-0.39, 0.29) is 0 Å². The average Bonchev–Trinajstić information content (AvgIpc) is 2.44. The lowest BCUT2D eigenvalue weighted by molar-refractivity contribution is 0.184. The van der Waals surface area contributed by atoms with E-state index in [9.17, 15) is 0 Å². The van der Waals surface area contributed by atoms with Crippen molar-refractivity contribution in [3.05, 3.63) is 0 Å². The number of rotatable bonds is 4. The zero-order valence-electron chi connectivity index (χ0n) is 10.4. The van der Waals surface area contributed by atoms with Crippen LogP contribution in [0.5, 0.6) is 0 Å². The Balaban J connectivity index is 2.44. The van der Waals surface area contributed by atoms with Crippen LogP contribution in [0.3, 0.4) is 0 Å². The SMILES string of the molecule is CCC(C)N(C)CC1NCCC1(C)C. The van der Waals surface area contributed by atoms with E-state index in [0.717, 1.165) is 0 Å². The summed E-state index contributed by atoms with van der Waals surface area (Å²) in [7, 11) is 2.24. The molecule has 2 unspecified atom stereocenters. The zero-order valence-corrected chi connectivity index (χ0v) is 10.4. The van der Waals surface area contributed by atoms with Gasteiger partial charge in [0.2, 0.25) is 0 Å². The maximum Gasteiger partial charge on any atom is 0.0246 e. The predicted molar refractivity (Wildman–Crippen MR) is 62.6 cm³/mol. The highest BCUT2D eigenvalue weighted by atomic mass is 15.2. The van der Waals surface area contributed by atoms with Crippen LogP contribution in [0.25, 0.3) is 0 Å². The van der Waals surface area contributed by atoms with Gasteiger partial charge in [-0.15, -0.1) is 0 Å². The highest BCUT2D eigenvalue weighted by Crippen LogP contribution is 2.30. The third-order valence-electron chi connectivity index (χ3n) is 3.92. The molecule has 1 heterocycles. The maximum atomic E-state index is 3.62. The van der Waals surface area contributed by atoms with Gasteiger partial charge in [-0.2, -0.15) is 0 Å². The Kier molecular flexibility index (Phi) is 3.96. The van der Waals surface area contributed by atoms with E-state index in [2.05, 4.69) is 45.0 Å². The van der Waals surface area contributed by atoms with Crippen LogP contribution in [-0.2, 0) is 0 Å². The minimum atomic E-state index is 0.474. The molecule has 0 radical (unpaired) electrons. The van der Waals surface area contributed by atoms with Gasteiger partial charge in [-0.25, -0.2) is 0 Å². The molecule has 0 aromatic rings. The summed E-state index contributed by atoms with van der Waals surface area (Å²) >= 11 is 0. The standard InChI is InChI=1S/C12H26N2/c1-6-10(2)14(5)9-11-12(3,4)7-8-13-11/h10-11,13H,6-9H2,1-5H3. The molecule has 2 heteroatoms. The minimum absolute atomic E-state index is 0.474. The molecule has 0 aromatic heterocycles. The zero-order chi connectivity index (χ0) is 10.8. The number of hydrogen-bond acceptors (Lipinski definition) is 2. The molecule has 84 valence electrons. The first-order valence-corrected chi connectivity index (χ1v) is 5.91. The smallest absolute Gasteiger partial charge is 0.0246 e. The Morgan fingerprint density at radius 3 is 2.57 bits per heavy atom. The third-order valence-corrected chi connectivity index (χ3v) is 3.92. The molecule has 1 rings (SSSR count). The van der Waals surface area contributed by atoms with Gasteiger partial charge in [0.05, 0.1) is 0 Å². The number of nitrogens with zero attached hydrogens (tertiary/aromatic N) is 1. The van der Waals surface area contributed by atoms with Crippen molar-refractivity contribution in [1.82, 2.24) is 10.2 Å². The van der Waals surface area contributed by atoms with Crippen molar-refractivity contribution in [2.45, 2.75) is 52.6 Å². The molecule has 1 fully saturated rings. The number of nitrogens with one attached hydrogen (secondary N) is 1. The van der Waals surface area contributed by atoms with Gasteiger partial charge >= 0.3 is 0 Å². The molecule has 1 aliphatic rings. The Morgan fingerprint density at radius 1 is 1.50 bits per heavy atom. The van der Waals surface area contributed by atoms with E-state index < -0.39 is 0 Å². The summed E-state index contributed by atoms with van der Waals surface area (Å²) in [6.07, 6.45) is 2.55. The summed E-state index contributed by atoms with van der Waals surface area (Å²) < 4.78 is 0. The summed E-state index contributed by atoms with van der Waals surface area (Å²) in [4.78, 5) is 2.48. The van der Waals surface area contributed by atoms with Crippen LogP contribution in [0.2, 0.25) is 0 Å². The molecule has 1 saturated heterocycles. The number of likely N-dealkylation sites (N-methyl/N-ethyl adjacent to an activating group) is 1. The predicted octanol–water partition coefficient (Wildman–Crippen LogP) is 2.10. The van der Waals surface area contributed by atoms with E-state index in [1.807, 2.05) is 0 Å². The first-order chi connectivity index (χ1) is 6.47. The van der Waals surface area contributed by atoms with Crippen LogP contribution < -0.4 is 5.32 Å². The first-order valence-electron chi connectivity index (χ1n) is 5.91. The molecule has 0 aromatic carbocycles. The second-order valence-electron chi connectivity index (χ2n) is 5.44. The Labute approximate surface area is 89.1 Å². The fraction of sp³-hybridized carbons (Fsp3) is 1.00. The Hall–Kier alpha value is -0.0800. The lowest BCUT2D eigenvalue weighted by Gasteiger charge is -2.33. The lowest BCUT2D eigenvalue weighted by Crippen LogP contribution is -2.45. The van der Waals surface area contributed by atoms with E-state index in [0.29, 0.717) is 17.5 Å². The summed E-state index contributed by atoms with van der Waals surface area (Å²) in [5, 5.41) is 3.62. The lowest BCUT2D eigenvalue weighted by atomic mass is 9.84. The van der Waals surface area contributed by atoms with Gasteiger partial charge in [-0.1, -0.05) is 20.8 Å². The summed E-state index contributed by atoms with van der Waals surface area (Å²) in [6.45, 7) is 11.7. The van der Waals surface area contributed by atoms with Gasteiger partial charge < -0.3 is 10.2 Å². The fourth-order valence-electron chi connectivity index (χ4n) is 2.11. The fourth-order valence-corrected chi connectivity index (χ4v) is 2.11. The van der Waals surface area contributed by atoms with Gasteiger partial charge in [0.1, 0.15) is 0 Å². The summed E-state index contributed by atoms with van der Waals surface area (Å²) in [6, 6.07) is 1.37. The van der Waals surface area contributed by atoms with E-state index >= 15 is 0 Å². The van der Waals surface area contributed by atoms with Crippen molar-refractivity contribution in [1.29, 1.82) is 0 Å². The third kappa shape index (κ3) is 2.71. The Bertz CT molecular complexity index is 177. The minimum Gasteiger partial charge on any atom is -0.312 e. The monoisotopic (exact) mass is 198 g/mol. The van der Waals surface area contributed by atoms with Crippen LogP contribution >= 0.6 is 0 Å². The molecule has 2 nitrogen and oxygen atoms in total. The van der Waals surface area contributed by atoms with E-state index in [1.54, 1.807) is 0 Å². The quantitative estimate of drug-likeness (QED) is 0.744. The second-order valence-corrected chi connectivity index (χ2v) is 5.44. The van der Waals surface area contributed by atoms with E-state index in [1.165, 1.54) is 25.9 Å². The van der Waals surface area contributed by atoms with Crippen LogP contribution in [-0.4, -0.2) is 37.1 Å². The normalized spacial score (nSPS) is 28.3. The van der Waals surface area contributed by atoms with Crippen molar-refractivity contribution >= 4 is 0 Å². The molecule has 2 atom stereocenters. The van der Waals surface area contributed by atoms with Crippen molar-refractivity contribution in [2.75, 3.05) is 20.1 Å². The highest BCUT2D eigenvalue weighted by molar-refractivity contribution is 4.92. The average molecular weight is 198 g/mol. The van der Waals surface area contributed by atoms with Crippen molar-refractivity contribution in [3.63, 3.8) is 0 Å². The maximum absolute atomic E-state index is 3.62. The molecular formula is C12H26N2. The Morgan fingerprint density at radius 2 is 2.14 bits per heavy atom. The largest absolute Gasteiger partial charge is 0.312 e. The van der Waals surface area contributed by atoms with Crippen LogP contribution in [0.4, 0.5) is 0 Å². The first kappa shape index (κ1) is 12.0. The van der Waals surface area contributed by atoms with Crippen molar-refractivity contribution in [3.8, 4) is 0 Å². The summed E-state index contributed by atoms with van der Waals surface area (Å²) in [5.74, 6) is 0. The molecule has 1 aliphatic heterocycles. The van der Waals surface area contributed by atoms with Gasteiger partial charge in [0.15, 0.2) is 0 Å². The van der Waals surface area contributed by atoms with Crippen LogP contribution in [0.1, 0.15) is 40.5 Å². The topological polar surface area (TPSA) is 15.3 Å². The molecular weight excluding hydrogens is 172 g/mol. The van der Waals surface area contributed by atoms with Crippen molar-refractivity contribution in [2.24, 2.45) is 5.41 Å². The van der Waals surface area contributed by atoms with E-state index in [4.69, 9.17) is 0 Å². The molecule has 0 saturated carbocycles. The highest BCUT2D eigenvalue weighted by Gasteiger charge is 2.34. The van der Waals surface area contributed by atoms with Crippen LogP contribution in [0, 0.1) is 5.41 Å². The second kappa shape index (κ2) is 4.63. The molecule has 1 N–H and O–H groups in total. The van der Waals surface area contributed by atoms with Crippen LogP contribution in [0.15, 0.2) is 0 Å². The molecule has 0 spiro atoms. The molecule has 0 aliphatic carbocycles. The van der Waals surface area contributed by atoms with Gasteiger partial charge in [-0.3, -0.25) is 0 Å². The molecule has 0 amide bonds. The molecule has 14 heavy (non-hydrogen) atoms. The van der Waals surface area contributed by atoms with Gasteiger partial charge in [-0.05, 0) is 38.8 Å². The van der Waals surface area contributed by atoms with Gasteiger partial charge in [0.25, 0.3) is 0 Å². The van der Waals surface area contributed by atoms with Crippen molar-refractivity contribution < 1.29 is 0 Å².